The zero-order valence-electron chi connectivity index (χ0n) is 11.9. The van der Waals surface area contributed by atoms with Crippen LogP contribution in [0.3, 0.4) is 0 Å². The molecule has 0 bridgehead atoms. The van der Waals surface area contributed by atoms with Gasteiger partial charge in [-0.05, 0) is 24.6 Å². The number of phenols is 1. The Balaban J connectivity index is 2.20. The second-order valence-electron chi connectivity index (χ2n) is 4.56. The summed E-state index contributed by atoms with van der Waals surface area (Å²) in [7, 11) is 1.66. The highest BCUT2D eigenvalue weighted by atomic mass is 16.5. The maximum Gasteiger partial charge on any atom is 0.192 e. The van der Waals surface area contributed by atoms with Crippen LogP contribution in [-0.2, 0) is 4.74 Å². The van der Waals surface area contributed by atoms with Gasteiger partial charge in [0.25, 0.3) is 0 Å². The molecule has 3 N–H and O–H groups in total. The van der Waals surface area contributed by atoms with Crippen LogP contribution in [-0.4, -0.2) is 49.4 Å². The zero-order chi connectivity index (χ0) is 14.5. The van der Waals surface area contributed by atoms with Crippen LogP contribution in [0.5, 0.6) is 11.5 Å². The second kappa shape index (κ2) is 6.47. The van der Waals surface area contributed by atoms with E-state index < -0.39 is 0 Å². The van der Waals surface area contributed by atoms with Crippen LogP contribution >= 0.6 is 0 Å². The molecule has 6 heteroatoms. The van der Waals surface area contributed by atoms with Crippen molar-refractivity contribution in [3.05, 3.63) is 23.8 Å². The molecule has 0 saturated heterocycles. The average Bonchev–Trinajstić information content (AvgIpc) is 2.80. The molecule has 1 unspecified atom stereocenters. The minimum Gasteiger partial charge on any atom is -0.504 e. The molecule has 0 aliphatic carbocycles. The van der Waals surface area contributed by atoms with E-state index in [9.17, 15) is 5.11 Å². The van der Waals surface area contributed by atoms with Gasteiger partial charge in [0.05, 0.1) is 25.8 Å². The summed E-state index contributed by atoms with van der Waals surface area (Å²) in [6, 6.07) is 5.42. The first-order valence-electron chi connectivity index (χ1n) is 6.68. The van der Waals surface area contributed by atoms with Gasteiger partial charge >= 0.3 is 0 Å². The van der Waals surface area contributed by atoms with Crippen molar-refractivity contribution in [2.24, 2.45) is 10.7 Å². The van der Waals surface area contributed by atoms with Crippen molar-refractivity contribution in [3.8, 4) is 11.5 Å². The molecule has 1 aromatic carbocycles. The molecule has 0 spiro atoms. The monoisotopic (exact) mass is 279 g/mol. The van der Waals surface area contributed by atoms with E-state index in [0.29, 0.717) is 38.0 Å². The molecule has 20 heavy (non-hydrogen) atoms. The summed E-state index contributed by atoms with van der Waals surface area (Å²) < 4.78 is 10.5. The summed E-state index contributed by atoms with van der Waals surface area (Å²) in [5.74, 6) is 1.16. The Labute approximate surface area is 118 Å². The number of hydrogen-bond acceptors (Lipinski definition) is 6. The van der Waals surface area contributed by atoms with Gasteiger partial charge in [-0.2, -0.15) is 0 Å². The molecule has 0 amide bonds. The van der Waals surface area contributed by atoms with Gasteiger partial charge in [0.15, 0.2) is 17.5 Å². The summed E-state index contributed by atoms with van der Waals surface area (Å²) in [4.78, 5) is 6.29. The van der Waals surface area contributed by atoms with Crippen molar-refractivity contribution in [2.45, 2.75) is 13.0 Å². The van der Waals surface area contributed by atoms with E-state index in [-0.39, 0.29) is 11.8 Å². The lowest BCUT2D eigenvalue weighted by atomic mass is 10.1. The Morgan fingerprint density at radius 1 is 1.50 bits per heavy atom. The fourth-order valence-electron chi connectivity index (χ4n) is 2.28. The van der Waals surface area contributed by atoms with E-state index in [1.54, 1.807) is 13.2 Å². The summed E-state index contributed by atoms with van der Waals surface area (Å²) in [5, 5.41) is 9.76. The zero-order valence-corrected chi connectivity index (χ0v) is 11.9. The molecular weight excluding hydrogens is 258 g/mol. The minimum absolute atomic E-state index is 0.0601. The average molecular weight is 279 g/mol. The van der Waals surface area contributed by atoms with Crippen LogP contribution in [0.4, 0.5) is 0 Å². The maximum atomic E-state index is 9.76. The van der Waals surface area contributed by atoms with Crippen molar-refractivity contribution in [1.29, 1.82) is 0 Å². The lowest BCUT2D eigenvalue weighted by Crippen LogP contribution is -2.38. The Bertz CT molecular complexity index is 491. The van der Waals surface area contributed by atoms with E-state index in [4.69, 9.17) is 15.2 Å². The van der Waals surface area contributed by atoms with Crippen molar-refractivity contribution in [3.63, 3.8) is 0 Å². The predicted molar refractivity (Wildman–Crippen MR) is 77.1 cm³/mol. The van der Waals surface area contributed by atoms with Gasteiger partial charge < -0.3 is 25.2 Å². The predicted octanol–water partition coefficient (Wildman–Crippen LogP) is 1.11. The third kappa shape index (κ3) is 2.96. The Morgan fingerprint density at radius 2 is 2.30 bits per heavy atom. The molecule has 0 fully saturated rings. The van der Waals surface area contributed by atoms with Gasteiger partial charge in [-0.3, -0.25) is 4.99 Å². The largest absolute Gasteiger partial charge is 0.504 e. The Hall–Kier alpha value is -1.95. The number of aliphatic imine (C=N–C) groups is 1. The Morgan fingerprint density at radius 3 is 3.00 bits per heavy atom. The van der Waals surface area contributed by atoms with Crippen LogP contribution in [0, 0.1) is 0 Å². The summed E-state index contributed by atoms with van der Waals surface area (Å²) in [6.07, 6.45) is 0. The highest BCUT2D eigenvalue weighted by molar-refractivity contribution is 5.80. The highest BCUT2D eigenvalue weighted by Gasteiger charge is 2.27. The second-order valence-corrected chi connectivity index (χ2v) is 4.56. The molecule has 0 saturated carbocycles. The van der Waals surface area contributed by atoms with E-state index in [1.807, 2.05) is 24.0 Å². The number of phenolic OH excluding ortho intramolecular Hbond substituents is 1. The number of nitrogens with zero attached hydrogens (tertiary/aromatic N) is 2. The quantitative estimate of drug-likeness (QED) is 0.815. The summed E-state index contributed by atoms with van der Waals surface area (Å²) in [6.45, 7) is 4.26. The van der Waals surface area contributed by atoms with Crippen LogP contribution in [0.2, 0.25) is 0 Å². The first-order valence-corrected chi connectivity index (χ1v) is 6.68. The van der Waals surface area contributed by atoms with Crippen LogP contribution < -0.4 is 10.5 Å². The number of nitrogens with two attached hydrogens (primary N) is 1. The molecule has 0 radical (unpaired) electrons. The lowest BCUT2D eigenvalue weighted by Gasteiger charge is -2.26. The van der Waals surface area contributed by atoms with E-state index in [2.05, 4.69) is 4.99 Å². The van der Waals surface area contributed by atoms with Gasteiger partial charge in [0.1, 0.15) is 0 Å². The number of ether oxygens (including phenoxy) is 2. The fourth-order valence-corrected chi connectivity index (χ4v) is 2.28. The van der Waals surface area contributed by atoms with E-state index in [0.717, 1.165) is 5.56 Å². The van der Waals surface area contributed by atoms with Gasteiger partial charge in [-0.1, -0.05) is 6.07 Å². The molecule has 1 aliphatic heterocycles. The highest BCUT2D eigenvalue weighted by Crippen LogP contribution is 2.33. The van der Waals surface area contributed by atoms with Crippen molar-refractivity contribution in [1.82, 2.24) is 4.90 Å². The fraction of sp³-hybridized carbons (Fsp3) is 0.500. The summed E-state index contributed by atoms with van der Waals surface area (Å²) >= 11 is 0. The number of methoxy groups -OCH3 is 1. The van der Waals surface area contributed by atoms with Crippen molar-refractivity contribution < 1.29 is 14.6 Å². The van der Waals surface area contributed by atoms with Gasteiger partial charge in [-0.25, -0.2) is 0 Å². The van der Waals surface area contributed by atoms with Gasteiger partial charge in [0, 0.05) is 13.7 Å². The third-order valence-electron chi connectivity index (χ3n) is 3.30. The van der Waals surface area contributed by atoms with Crippen molar-refractivity contribution >= 4 is 5.96 Å². The maximum absolute atomic E-state index is 9.76. The molecule has 110 valence electrons. The topological polar surface area (TPSA) is 80.3 Å². The molecule has 0 aromatic heterocycles. The number of benzene rings is 1. The number of aromatic hydroxyl groups is 1. The van der Waals surface area contributed by atoms with E-state index >= 15 is 0 Å². The first-order chi connectivity index (χ1) is 9.67. The normalized spacial score (nSPS) is 18.2. The third-order valence-corrected chi connectivity index (χ3v) is 3.30. The van der Waals surface area contributed by atoms with Gasteiger partial charge in [-0.15, -0.1) is 0 Å². The molecular formula is C14H21N3O3. The number of guanidine groups is 1. The molecule has 1 atom stereocenters. The SMILES string of the molecule is CCOc1cc(C2CN=C(N)N2CCOC)ccc1O. The Kier molecular flexibility index (Phi) is 4.68. The van der Waals surface area contributed by atoms with Crippen LogP contribution in [0.25, 0.3) is 0 Å². The standard InChI is InChI=1S/C14H21N3O3/c1-3-20-13-8-10(4-5-12(13)18)11-9-16-14(15)17(11)6-7-19-2/h4-5,8,11,18H,3,6-7,9H2,1-2H3,(H2,15,16). The first kappa shape index (κ1) is 14.5. The van der Waals surface area contributed by atoms with Gasteiger partial charge in [0.2, 0.25) is 0 Å². The molecule has 6 nitrogen and oxygen atoms in total. The van der Waals surface area contributed by atoms with Crippen LogP contribution in [0.1, 0.15) is 18.5 Å². The minimum atomic E-state index is 0.0601. The molecule has 1 heterocycles. The van der Waals surface area contributed by atoms with E-state index in [1.165, 1.54) is 0 Å². The van der Waals surface area contributed by atoms with Crippen molar-refractivity contribution in [2.75, 3.05) is 33.4 Å². The molecule has 1 aliphatic rings. The smallest absolute Gasteiger partial charge is 0.192 e. The molecule has 2 rings (SSSR count). The summed E-state index contributed by atoms with van der Waals surface area (Å²) in [5.41, 5.74) is 6.93. The van der Waals surface area contributed by atoms with Crippen LogP contribution in [0.15, 0.2) is 23.2 Å². The number of rotatable bonds is 6. The molecule has 1 aromatic rings. The number of hydrogen-bond donors (Lipinski definition) is 2. The lowest BCUT2D eigenvalue weighted by molar-refractivity contribution is 0.166.